The molecule has 0 unspecified atom stereocenters. The molecule has 0 N–H and O–H groups in total. The van der Waals surface area contributed by atoms with E-state index in [1.54, 1.807) is 12.1 Å². The molecular formula is C16H18FNO. The van der Waals surface area contributed by atoms with Crippen molar-refractivity contribution in [2.24, 2.45) is 0 Å². The first-order chi connectivity index (χ1) is 9.24. The average molecular weight is 259 g/mol. The van der Waals surface area contributed by atoms with E-state index in [9.17, 15) is 4.39 Å². The van der Waals surface area contributed by atoms with Gasteiger partial charge in [-0.05, 0) is 31.0 Å². The van der Waals surface area contributed by atoms with Gasteiger partial charge in [-0.1, -0.05) is 37.6 Å². The third-order valence-corrected chi connectivity index (χ3v) is 2.90. The van der Waals surface area contributed by atoms with Gasteiger partial charge in [0.2, 0.25) is 0 Å². The molecule has 0 saturated carbocycles. The first kappa shape index (κ1) is 13.5. The highest BCUT2D eigenvalue weighted by Crippen LogP contribution is 2.23. The van der Waals surface area contributed by atoms with E-state index in [1.165, 1.54) is 5.56 Å². The first-order valence-electron chi connectivity index (χ1n) is 6.63. The molecule has 0 atom stereocenters. The number of halogens is 1. The standard InChI is InChI=1S/C16H18FNO/c1-3-5-12-6-8-13(9-7-12)14-10-11-15(19-4-2)16(17)18-14/h6-11H,3-5H2,1-2H3. The van der Waals surface area contributed by atoms with Gasteiger partial charge in [0.25, 0.3) is 5.95 Å². The molecule has 0 spiro atoms. The molecule has 2 nitrogen and oxygen atoms in total. The lowest BCUT2D eigenvalue weighted by Gasteiger charge is -2.06. The Hall–Kier alpha value is -1.90. The summed E-state index contributed by atoms with van der Waals surface area (Å²) in [6, 6.07) is 11.5. The summed E-state index contributed by atoms with van der Waals surface area (Å²) in [5.74, 6) is -0.356. The van der Waals surface area contributed by atoms with Crippen LogP contribution in [0.5, 0.6) is 5.75 Å². The summed E-state index contributed by atoms with van der Waals surface area (Å²) in [5.41, 5.74) is 2.84. The smallest absolute Gasteiger partial charge is 0.255 e. The van der Waals surface area contributed by atoms with Crippen LogP contribution < -0.4 is 4.74 Å². The molecule has 1 aromatic heterocycles. The van der Waals surface area contributed by atoms with Gasteiger partial charge in [0.15, 0.2) is 5.75 Å². The number of hydrogen-bond acceptors (Lipinski definition) is 2. The van der Waals surface area contributed by atoms with Gasteiger partial charge < -0.3 is 4.74 Å². The van der Waals surface area contributed by atoms with Crippen LogP contribution in [0.3, 0.4) is 0 Å². The Bertz CT molecular complexity index is 537. The minimum absolute atomic E-state index is 0.203. The van der Waals surface area contributed by atoms with Crippen LogP contribution in [0.25, 0.3) is 11.3 Å². The average Bonchev–Trinajstić information content (AvgIpc) is 2.43. The van der Waals surface area contributed by atoms with Crippen LogP contribution in [-0.4, -0.2) is 11.6 Å². The second kappa shape index (κ2) is 6.32. The lowest BCUT2D eigenvalue weighted by Crippen LogP contribution is -1.97. The highest BCUT2D eigenvalue weighted by molar-refractivity contribution is 5.59. The molecule has 0 radical (unpaired) electrons. The molecule has 0 aliphatic rings. The van der Waals surface area contributed by atoms with Crippen LogP contribution >= 0.6 is 0 Å². The van der Waals surface area contributed by atoms with Crippen LogP contribution in [0.2, 0.25) is 0 Å². The third-order valence-electron chi connectivity index (χ3n) is 2.90. The summed E-state index contributed by atoms with van der Waals surface area (Å²) in [6.07, 6.45) is 2.18. The molecule has 2 rings (SSSR count). The van der Waals surface area contributed by atoms with E-state index in [1.807, 2.05) is 19.1 Å². The van der Waals surface area contributed by atoms with Gasteiger partial charge in [0.05, 0.1) is 12.3 Å². The molecule has 0 saturated heterocycles. The first-order valence-corrected chi connectivity index (χ1v) is 6.63. The predicted molar refractivity (Wildman–Crippen MR) is 74.8 cm³/mol. The third kappa shape index (κ3) is 3.31. The highest BCUT2D eigenvalue weighted by Gasteiger charge is 2.07. The van der Waals surface area contributed by atoms with Gasteiger partial charge in [0, 0.05) is 5.56 Å². The van der Waals surface area contributed by atoms with Gasteiger partial charge in [-0.15, -0.1) is 0 Å². The van der Waals surface area contributed by atoms with Gasteiger partial charge in [-0.25, -0.2) is 4.98 Å². The van der Waals surface area contributed by atoms with E-state index in [-0.39, 0.29) is 5.75 Å². The molecule has 0 amide bonds. The highest BCUT2D eigenvalue weighted by atomic mass is 19.1. The number of rotatable bonds is 5. The number of hydrogen-bond donors (Lipinski definition) is 0. The maximum Gasteiger partial charge on any atom is 0.255 e. The Morgan fingerprint density at radius 3 is 2.37 bits per heavy atom. The zero-order valence-corrected chi connectivity index (χ0v) is 11.3. The normalized spacial score (nSPS) is 10.5. The van der Waals surface area contributed by atoms with Gasteiger partial charge in [-0.3, -0.25) is 0 Å². The fourth-order valence-corrected chi connectivity index (χ4v) is 1.98. The van der Waals surface area contributed by atoms with E-state index >= 15 is 0 Å². The number of aryl methyl sites for hydroxylation is 1. The van der Waals surface area contributed by atoms with Gasteiger partial charge >= 0.3 is 0 Å². The summed E-state index contributed by atoms with van der Waals surface area (Å²) in [4.78, 5) is 3.95. The van der Waals surface area contributed by atoms with Crippen LogP contribution in [0.1, 0.15) is 25.8 Å². The molecule has 3 heteroatoms. The van der Waals surface area contributed by atoms with Gasteiger partial charge in [0.1, 0.15) is 0 Å². The largest absolute Gasteiger partial charge is 0.489 e. The van der Waals surface area contributed by atoms with Crippen molar-refractivity contribution in [2.45, 2.75) is 26.7 Å². The SMILES string of the molecule is CCCc1ccc(-c2ccc(OCC)c(F)n2)cc1. The van der Waals surface area contributed by atoms with E-state index in [4.69, 9.17) is 4.74 Å². The summed E-state index contributed by atoms with van der Waals surface area (Å²) < 4.78 is 18.8. The molecule has 1 heterocycles. The van der Waals surface area contributed by atoms with Crippen LogP contribution in [0.4, 0.5) is 4.39 Å². The van der Waals surface area contributed by atoms with Crippen molar-refractivity contribution < 1.29 is 9.13 Å². The van der Waals surface area contributed by atoms with Crippen LogP contribution in [0.15, 0.2) is 36.4 Å². The molecule has 19 heavy (non-hydrogen) atoms. The summed E-state index contributed by atoms with van der Waals surface area (Å²) in [5, 5.41) is 0. The number of nitrogens with zero attached hydrogens (tertiary/aromatic N) is 1. The lowest BCUT2D eigenvalue weighted by atomic mass is 10.1. The minimum atomic E-state index is -0.558. The van der Waals surface area contributed by atoms with Crippen molar-refractivity contribution in [1.82, 2.24) is 4.98 Å². The molecule has 1 aromatic carbocycles. The quantitative estimate of drug-likeness (QED) is 0.749. The zero-order valence-electron chi connectivity index (χ0n) is 11.3. The van der Waals surface area contributed by atoms with Crippen molar-refractivity contribution in [3.63, 3.8) is 0 Å². The zero-order chi connectivity index (χ0) is 13.7. The Morgan fingerprint density at radius 2 is 1.79 bits per heavy atom. The Morgan fingerprint density at radius 1 is 1.05 bits per heavy atom. The second-order valence-corrected chi connectivity index (χ2v) is 4.37. The van der Waals surface area contributed by atoms with E-state index in [0.717, 1.165) is 18.4 Å². The molecule has 100 valence electrons. The number of benzene rings is 1. The van der Waals surface area contributed by atoms with Crippen LogP contribution in [-0.2, 0) is 6.42 Å². The molecule has 0 fully saturated rings. The van der Waals surface area contributed by atoms with Crippen molar-refractivity contribution in [3.8, 4) is 17.0 Å². The monoisotopic (exact) mass is 259 g/mol. The summed E-state index contributed by atoms with van der Waals surface area (Å²) >= 11 is 0. The lowest BCUT2D eigenvalue weighted by molar-refractivity contribution is 0.316. The summed E-state index contributed by atoms with van der Waals surface area (Å²) in [6.45, 7) is 4.40. The molecule has 0 aliphatic carbocycles. The Kier molecular flexibility index (Phi) is 4.50. The van der Waals surface area contributed by atoms with Crippen molar-refractivity contribution in [3.05, 3.63) is 47.9 Å². The number of aromatic nitrogens is 1. The van der Waals surface area contributed by atoms with Crippen molar-refractivity contribution in [1.29, 1.82) is 0 Å². The molecule has 2 aromatic rings. The fourth-order valence-electron chi connectivity index (χ4n) is 1.98. The van der Waals surface area contributed by atoms with Crippen molar-refractivity contribution >= 4 is 0 Å². The molecular weight excluding hydrogens is 241 g/mol. The van der Waals surface area contributed by atoms with E-state index in [2.05, 4.69) is 24.0 Å². The topological polar surface area (TPSA) is 22.1 Å². The second-order valence-electron chi connectivity index (χ2n) is 4.37. The minimum Gasteiger partial charge on any atom is -0.489 e. The maximum atomic E-state index is 13.7. The summed E-state index contributed by atoms with van der Waals surface area (Å²) in [7, 11) is 0. The number of ether oxygens (including phenoxy) is 1. The van der Waals surface area contributed by atoms with Crippen LogP contribution in [0, 0.1) is 5.95 Å². The Labute approximate surface area is 113 Å². The fraction of sp³-hybridized carbons (Fsp3) is 0.312. The van der Waals surface area contributed by atoms with E-state index in [0.29, 0.717) is 12.3 Å². The number of pyridine rings is 1. The maximum absolute atomic E-state index is 13.7. The van der Waals surface area contributed by atoms with E-state index < -0.39 is 5.95 Å². The molecule has 0 aliphatic heterocycles. The molecule has 0 bridgehead atoms. The Balaban J connectivity index is 2.24. The predicted octanol–water partition coefficient (Wildman–Crippen LogP) is 4.24. The van der Waals surface area contributed by atoms with Crippen molar-refractivity contribution in [2.75, 3.05) is 6.61 Å². The van der Waals surface area contributed by atoms with Gasteiger partial charge in [-0.2, -0.15) is 4.39 Å².